The Labute approximate surface area is 442 Å². The largest absolute Gasteiger partial charge is 0.462 e. The molecule has 0 aromatic heterocycles. The van der Waals surface area contributed by atoms with Gasteiger partial charge in [0.15, 0.2) is 0 Å². The first kappa shape index (κ1) is 69.6. The average molecular weight is 1040 g/mol. The van der Waals surface area contributed by atoms with Gasteiger partial charge in [-0.15, -0.1) is 0 Å². The minimum absolute atomic E-state index is 0.190. The molecule has 0 aliphatic rings. The molecule has 16 nitrogen and oxygen atoms in total. The number of rotatable bonds is 44. The zero-order valence-electron chi connectivity index (χ0n) is 48.3. The smallest absolute Gasteiger partial charge is 0.330 e. The number of esters is 4. The van der Waals surface area contributed by atoms with Gasteiger partial charge in [0.1, 0.15) is 15.7 Å². The van der Waals surface area contributed by atoms with Crippen molar-refractivity contribution in [1.82, 2.24) is 0 Å². The van der Waals surface area contributed by atoms with Crippen LogP contribution in [-0.4, -0.2) is 163 Å². The standard InChI is InChI=1S/C55H98B2O16/c1-19-43(58)62-31-23-47(5,6)66-35-26-50(11,12)70-39-55(40-71-51(13,14)27-36-67-48(7,8)24-32-63-44(59)20-2,41-72-52(15,16)28-37-69-53(17,56)29-34-65-46(61)22-4)42-73-54(18,57)30-38-68-49(9,10)25-33-64-45(60)21-3/h19-22H,1-4,23-42,56-57H2,5-18H3. The van der Waals surface area contributed by atoms with Gasteiger partial charge in [0.25, 0.3) is 0 Å². The van der Waals surface area contributed by atoms with Crippen molar-refractivity contribution in [3.63, 3.8) is 0 Å². The number of hydrogen-bond donors (Lipinski definition) is 0. The average Bonchev–Trinajstić information content (AvgIpc) is 3.27. The Balaban J connectivity index is 6.72. The Morgan fingerprint density at radius 2 is 0.521 bits per heavy atom. The van der Waals surface area contributed by atoms with Gasteiger partial charge in [-0.05, 0) is 123 Å². The highest BCUT2D eigenvalue weighted by molar-refractivity contribution is 6.14. The van der Waals surface area contributed by atoms with E-state index in [0.717, 1.165) is 24.3 Å². The molecule has 2 atom stereocenters. The molecular formula is C55H98B2O16. The summed E-state index contributed by atoms with van der Waals surface area (Å²) in [5.74, 6) is -1.91. The molecule has 0 radical (unpaired) electrons. The zero-order valence-corrected chi connectivity index (χ0v) is 48.3. The molecule has 0 N–H and O–H groups in total. The molecule has 73 heavy (non-hydrogen) atoms. The van der Waals surface area contributed by atoms with Crippen molar-refractivity contribution in [2.45, 2.75) is 193 Å². The zero-order chi connectivity index (χ0) is 56.3. The fraction of sp³-hybridized carbons (Fsp3) is 0.782. The van der Waals surface area contributed by atoms with Gasteiger partial charge in [0.2, 0.25) is 0 Å². The van der Waals surface area contributed by atoms with Gasteiger partial charge < -0.3 is 56.8 Å². The van der Waals surface area contributed by atoms with Crippen LogP contribution in [0.25, 0.3) is 0 Å². The molecule has 0 aromatic rings. The van der Waals surface area contributed by atoms with E-state index >= 15 is 0 Å². The lowest BCUT2D eigenvalue weighted by Crippen LogP contribution is -2.50. The van der Waals surface area contributed by atoms with Crippen molar-refractivity contribution in [1.29, 1.82) is 0 Å². The molecule has 0 aliphatic heterocycles. The first-order valence-corrected chi connectivity index (χ1v) is 25.8. The van der Waals surface area contributed by atoms with Crippen LogP contribution >= 0.6 is 0 Å². The molecule has 0 spiro atoms. The monoisotopic (exact) mass is 1040 g/mol. The van der Waals surface area contributed by atoms with Crippen LogP contribution in [0.5, 0.6) is 0 Å². The van der Waals surface area contributed by atoms with Crippen LogP contribution in [0.3, 0.4) is 0 Å². The van der Waals surface area contributed by atoms with Crippen molar-refractivity contribution in [2.24, 2.45) is 5.41 Å². The van der Waals surface area contributed by atoms with Gasteiger partial charge in [-0.25, -0.2) is 19.2 Å². The molecule has 0 aromatic carbocycles. The van der Waals surface area contributed by atoms with Crippen molar-refractivity contribution < 1.29 is 76.0 Å². The minimum Gasteiger partial charge on any atom is -0.462 e. The second-order valence-corrected chi connectivity index (χ2v) is 23.6. The van der Waals surface area contributed by atoms with E-state index in [1.54, 1.807) is 0 Å². The van der Waals surface area contributed by atoms with E-state index in [1.165, 1.54) is 0 Å². The quantitative estimate of drug-likeness (QED) is 0.0253. The number of ether oxygens (including phenoxy) is 12. The van der Waals surface area contributed by atoms with E-state index in [9.17, 15) is 19.2 Å². The lowest BCUT2D eigenvalue weighted by Gasteiger charge is -2.42. The van der Waals surface area contributed by atoms with Gasteiger partial charge in [-0.2, -0.15) is 0 Å². The number of carbonyl (C=O) groups excluding carboxylic acids is 4. The summed E-state index contributed by atoms with van der Waals surface area (Å²) < 4.78 is 73.6. The van der Waals surface area contributed by atoms with Crippen LogP contribution in [0.2, 0.25) is 0 Å². The Bertz CT molecular complexity index is 1460. The van der Waals surface area contributed by atoms with E-state index < -0.39 is 73.9 Å². The van der Waals surface area contributed by atoms with Gasteiger partial charge in [0.05, 0.1) is 105 Å². The van der Waals surface area contributed by atoms with Crippen LogP contribution in [0.1, 0.15) is 148 Å². The molecule has 2 unspecified atom stereocenters. The van der Waals surface area contributed by atoms with E-state index in [0.29, 0.717) is 77.8 Å². The molecule has 0 aliphatic carbocycles. The summed E-state index contributed by atoms with van der Waals surface area (Å²) >= 11 is 0. The predicted octanol–water partition coefficient (Wildman–Crippen LogP) is 7.51. The molecule has 0 bridgehead atoms. The molecule has 0 saturated heterocycles. The second kappa shape index (κ2) is 32.3. The maximum atomic E-state index is 11.6. The van der Waals surface area contributed by atoms with Crippen LogP contribution in [0, 0.1) is 5.41 Å². The molecule has 0 amide bonds. The fourth-order valence-electron chi connectivity index (χ4n) is 6.34. The first-order chi connectivity index (χ1) is 33.5. The van der Waals surface area contributed by atoms with Crippen LogP contribution in [-0.2, 0) is 76.0 Å². The van der Waals surface area contributed by atoms with Crippen LogP contribution < -0.4 is 0 Å². The van der Waals surface area contributed by atoms with Crippen LogP contribution in [0.4, 0.5) is 0 Å². The normalized spacial score (nSPS) is 14.5. The minimum atomic E-state index is -0.863. The number of carbonyl (C=O) groups is 4. The summed E-state index contributed by atoms with van der Waals surface area (Å²) in [4.78, 5) is 46.5. The van der Waals surface area contributed by atoms with Crippen molar-refractivity contribution in [3.05, 3.63) is 50.6 Å². The SMILES string of the molecule is BC(C)(CCOC(=O)C=C)OCCC(C)(C)OCC(COC(B)(C)CCOC(C)(C)CCOC(=O)C=C)(COC(C)(C)CCOC(C)(C)CCOC(=O)C=C)COC(C)(C)CCOC(C)(C)CCOC(=O)C=C. The summed E-state index contributed by atoms with van der Waals surface area (Å²) in [6.07, 6.45) is 8.74. The lowest BCUT2D eigenvalue weighted by molar-refractivity contribution is -0.191. The van der Waals surface area contributed by atoms with Gasteiger partial charge >= 0.3 is 23.9 Å². The van der Waals surface area contributed by atoms with E-state index in [-0.39, 0.29) is 52.9 Å². The van der Waals surface area contributed by atoms with E-state index in [1.807, 2.05) is 113 Å². The predicted molar refractivity (Wildman–Crippen MR) is 290 cm³/mol. The highest BCUT2D eigenvalue weighted by Gasteiger charge is 2.41. The van der Waals surface area contributed by atoms with E-state index in [2.05, 4.69) is 26.3 Å². The Morgan fingerprint density at radius 1 is 0.315 bits per heavy atom. The Kier molecular flexibility index (Phi) is 30.8. The summed E-state index contributed by atoms with van der Waals surface area (Å²) in [6, 6.07) is 0. The first-order valence-electron chi connectivity index (χ1n) is 25.8. The lowest BCUT2D eigenvalue weighted by atomic mass is 9.80. The third kappa shape index (κ3) is 35.5. The van der Waals surface area contributed by atoms with Gasteiger partial charge in [0, 0.05) is 74.2 Å². The Morgan fingerprint density at radius 3 is 0.822 bits per heavy atom. The molecule has 420 valence electrons. The maximum absolute atomic E-state index is 11.6. The van der Waals surface area contributed by atoms with Crippen molar-refractivity contribution in [2.75, 3.05) is 79.3 Å². The Hall–Kier alpha value is -3.35. The summed E-state index contributed by atoms with van der Waals surface area (Å²) in [5.41, 5.74) is -5.80. The van der Waals surface area contributed by atoms with Crippen molar-refractivity contribution >= 4 is 39.6 Å². The second-order valence-electron chi connectivity index (χ2n) is 23.6. The molecule has 0 rings (SSSR count). The fourth-order valence-corrected chi connectivity index (χ4v) is 6.34. The third-order valence-electron chi connectivity index (χ3n) is 12.3. The highest BCUT2D eigenvalue weighted by atomic mass is 16.6. The van der Waals surface area contributed by atoms with Crippen LogP contribution in [0.15, 0.2) is 50.6 Å². The summed E-state index contributed by atoms with van der Waals surface area (Å²) in [5, 5.41) is 0. The molecule has 18 heteroatoms. The summed E-state index contributed by atoms with van der Waals surface area (Å²) in [6.45, 7) is 44.8. The van der Waals surface area contributed by atoms with Crippen molar-refractivity contribution in [3.8, 4) is 0 Å². The van der Waals surface area contributed by atoms with Gasteiger partial charge in [-0.1, -0.05) is 26.3 Å². The topological polar surface area (TPSA) is 179 Å². The maximum Gasteiger partial charge on any atom is 0.330 e. The summed E-state index contributed by atoms with van der Waals surface area (Å²) in [7, 11) is 3.98. The molecule has 0 fully saturated rings. The highest BCUT2D eigenvalue weighted by Crippen LogP contribution is 2.33. The van der Waals surface area contributed by atoms with E-state index in [4.69, 9.17) is 56.8 Å². The molecule has 0 heterocycles. The molecule has 0 saturated carbocycles. The molecular weight excluding hydrogens is 938 g/mol. The number of hydrogen-bond acceptors (Lipinski definition) is 16. The third-order valence-corrected chi connectivity index (χ3v) is 12.3. The van der Waals surface area contributed by atoms with Gasteiger partial charge in [-0.3, -0.25) is 0 Å².